The average Bonchev–Trinajstić information content (AvgIpc) is 3.52. The summed E-state index contributed by atoms with van der Waals surface area (Å²) in [6, 6.07) is 18.0. The van der Waals surface area contributed by atoms with Gasteiger partial charge in [-0.05, 0) is 62.4 Å². The molecule has 0 radical (unpaired) electrons. The van der Waals surface area contributed by atoms with E-state index in [9.17, 15) is 9.59 Å². The van der Waals surface area contributed by atoms with Crippen LogP contribution in [0.2, 0.25) is 0 Å². The van der Waals surface area contributed by atoms with E-state index in [0.29, 0.717) is 24.5 Å². The number of aromatic nitrogens is 1. The van der Waals surface area contributed by atoms with Crippen LogP contribution in [0.5, 0.6) is 0 Å². The van der Waals surface area contributed by atoms with Gasteiger partial charge in [-0.2, -0.15) is 0 Å². The molecule has 1 unspecified atom stereocenters. The highest BCUT2D eigenvalue weighted by Gasteiger charge is 2.48. The van der Waals surface area contributed by atoms with E-state index in [-0.39, 0.29) is 17.9 Å². The average molecular weight is 460 g/mol. The molecule has 1 atom stereocenters. The van der Waals surface area contributed by atoms with E-state index in [0.717, 1.165) is 44.2 Å². The normalized spacial score (nSPS) is 20.9. The van der Waals surface area contributed by atoms with Gasteiger partial charge in [0.1, 0.15) is 17.0 Å². The number of hydrogen-bond acceptors (Lipinski definition) is 3. The molecule has 2 amide bonds. The summed E-state index contributed by atoms with van der Waals surface area (Å²) in [5.41, 5.74) is 1.70. The first-order valence-corrected chi connectivity index (χ1v) is 12.5. The molecule has 1 fully saturated rings. The monoisotopic (exact) mass is 459 g/mol. The topological polar surface area (TPSA) is 67.5 Å². The molecule has 1 aromatic carbocycles. The highest BCUT2D eigenvalue weighted by atomic mass is 16.3. The molecule has 1 aliphatic carbocycles. The SMILES string of the molecule is CC1(C(=O)NC2CCCCC2)Cn2c(ccc2-c2ccco2)C(=O)N1CCCc1ccccc1. The molecule has 34 heavy (non-hydrogen) atoms. The standard InChI is InChI=1S/C28H33N3O3/c1-28(27(33)29-22-13-6-3-7-14-22)20-30-23(25-15-9-19-34-25)16-17-24(30)26(32)31(28)18-8-12-21-10-4-2-5-11-21/h2,4-5,9-11,15-17,19,22H,3,6-8,12-14,18,20H2,1H3,(H,29,33). The summed E-state index contributed by atoms with van der Waals surface area (Å²) in [5, 5.41) is 3.30. The van der Waals surface area contributed by atoms with Crippen LogP contribution in [0.4, 0.5) is 0 Å². The lowest BCUT2D eigenvalue weighted by atomic mass is 9.91. The molecule has 3 heterocycles. The Labute approximate surface area is 200 Å². The second kappa shape index (κ2) is 9.53. The zero-order chi connectivity index (χ0) is 23.5. The van der Waals surface area contributed by atoms with Gasteiger partial charge in [-0.25, -0.2) is 0 Å². The lowest BCUT2D eigenvalue weighted by molar-refractivity contribution is -0.133. The van der Waals surface area contributed by atoms with Crippen molar-refractivity contribution in [2.24, 2.45) is 0 Å². The van der Waals surface area contributed by atoms with Crippen LogP contribution >= 0.6 is 0 Å². The number of amides is 2. The molecule has 5 rings (SSSR count). The minimum Gasteiger partial charge on any atom is -0.463 e. The van der Waals surface area contributed by atoms with Crippen LogP contribution in [0, 0.1) is 0 Å². The van der Waals surface area contributed by atoms with Crippen molar-refractivity contribution in [3.05, 3.63) is 72.1 Å². The molecular weight excluding hydrogens is 426 g/mol. The molecule has 0 bridgehead atoms. The highest BCUT2D eigenvalue weighted by molar-refractivity contribution is 6.00. The summed E-state index contributed by atoms with van der Waals surface area (Å²) in [6.45, 7) is 2.85. The first-order valence-electron chi connectivity index (χ1n) is 12.5. The second-order valence-corrected chi connectivity index (χ2v) is 9.80. The predicted octanol–water partition coefficient (Wildman–Crippen LogP) is 5.04. The molecule has 0 spiro atoms. The van der Waals surface area contributed by atoms with Crippen molar-refractivity contribution in [2.45, 2.75) is 70.0 Å². The minimum atomic E-state index is -0.974. The Kier molecular flexibility index (Phi) is 6.31. The van der Waals surface area contributed by atoms with E-state index >= 15 is 0 Å². The van der Waals surface area contributed by atoms with E-state index in [1.54, 1.807) is 11.2 Å². The van der Waals surface area contributed by atoms with Crippen molar-refractivity contribution in [1.29, 1.82) is 0 Å². The van der Waals surface area contributed by atoms with Crippen LogP contribution in [-0.4, -0.2) is 39.4 Å². The Morgan fingerprint density at radius 3 is 2.53 bits per heavy atom. The molecule has 3 aromatic rings. The zero-order valence-corrected chi connectivity index (χ0v) is 19.8. The minimum absolute atomic E-state index is 0.0581. The maximum Gasteiger partial charge on any atom is 0.271 e. The number of benzene rings is 1. The van der Waals surface area contributed by atoms with Crippen LogP contribution in [0.3, 0.4) is 0 Å². The first kappa shape index (κ1) is 22.5. The molecule has 2 aliphatic rings. The van der Waals surface area contributed by atoms with Crippen molar-refractivity contribution in [1.82, 2.24) is 14.8 Å². The molecule has 1 N–H and O–H groups in total. The second-order valence-electron chi connectivity index (χ2n) is 9.80. The van der Waals surface area contributed by atoms with E-state index in [1.807, 2.05) is 54.0 Å². The van der Waals surface area contributed by atoms with Gasteiger partial charge in [0, 0.05) is 12.6 Å². The molecule has 6 nitrogen and oxygen atoms in total. The summed E-state index contributed by atoms with van der Waals surface area (Å²) in [5.74, 6) is 0.544. The third-order valence-corrected chi connectivity index (χ3v) is 7.40. The van der Waals surface area contributed by atoms with Crippen molar-refractivity contribution in [3.8, 4) is 11.5 Å². The maximum atomic E-state index is 13.8. The fourth-order valence-corrected chi connectivity index (χ4v) is 5.44. The van der Waals surface area contributed by atoms with Crippen molar-refractivity contribution in [2.75, 3.05) is 6.54 Å². The van der Waals surface area contributed by atoms with Crippen LogP contribution in [0.25, 0.3) is 11.5 Å². The molecule has 6 heteroatoms. The highest BCUT2D eigenvalue weighted by Crippen LogP contribution is 2.34. The Morgan fingerprint density at radius 1 is 1.03 bits per heavy atom. The largest absolute Gasteiger partial charge is 0.463 e. The third-order valence-electron chi connectivity index (χ3n) is 7.40. The van der Waals surface area contributed by atoms with E-state index in [4.69, 9.17) is 4.42 Å². The van der Waals surface area contributed by atoms with Crippen LogP contribution in [-0.2, 0) is 17.8 Å². The maximum absolute atomic E-state index is 13.8. The number of hydrogen-bond donors (Lipinski definition) is 1. The summed E-state index contributed by atoms with van der Waals surface area (Å²) < 4.78 is 7.58. The summed E-state index contributed by atoms with van der Waals surface area (Å²) in [4.78, 5) is 29.3. The molecule has 178 valence electrons. The van der Waals surface area contributed by atoms with Gasteiger partial charge in [0.15, 0.2) is 0 Å². The van der Waals surface area contributed by atoms with Crippen LogP contribution < -0.4 is 5.32 Å². The summed E-state index contributed by atoms with van der Waals surface area (Å²) in [6.07, 6.45) is 8.83. The van der Waals surface area contributed by atoms with E-state index < -0.39 is 5.54 Å². The Morgan fingerprint density at radius 2 is 1.79 bits per heavy atom. The first-order chi connectivity index (χ1) is 16.6. The predicted molar refractivity (Wildman–Crippen MR) is 131 cm³/mol. The Balaban J connectivity index is 1.43. The molecular formula is C28H33N3O3. The number of nitrogens with zero attached hydrogens (tertiary/aromatic N) is 2. The number of rotatable bonds is 7. The Bertz CT molecular complexity index is 1130. The molecule has 0 saturated heterocycles. The van der Waals surface area contributed by atoms with Gasteiger partial charge in [-0.1, -0.05) is 49.6 Å². The molecule has 1 aliphatic heterocycles. The van der Waals surface area contributed by atoms with Gasteiger partial charge in [-0.3, -0.25) is 9.59 Å². The third kappa shape index (κ3) is 4.29. The van der Waals surface area contributed by atoms with Crippen LogP contribution in [0.1, 0.15) is 61.5 Å². The van der Waals surface area contributed by atoms with Gasteiger partial charge in [0.25, 0.3) is 5.91 Å². The van der Waals surface area contributed by atoms with Gasteiger partial charge in [0.05, 0.1) is 18.5 Å². The number of furan rings is 1. The number of aryl methyl sites for hydroxylation is 1. The fraction of sp³-hybridized carbons (Fsp3) is 0.429. The van der Waals surface area contributed by atoms with Crippen molar-refractivity contribution in [3.63, 3.8) is 0 Å². The Hall–Kier alpha value is -3.28. The number of carbonyl (C=O) groups is 2. The van der Waals surface area contributed by atoms with Gasteiger partial charge in [-0.15, -0.1) is 0 Å². The van der Waals surface area contributed by atoms with Crippen molar-refractivity contribution >= 4 is 11.8 Å². The number of nitrogens with one attached hydrogen (secondary N) is 1. The van der Waals surface area contributed by atoms with Crippen LogP contribution in [0.15, 0.2) is 65.3 Å². The number of fused-ring (bicyclic) bond motifs is 1. The number of carbonyl (C=O) groups excluding carboxylic acids is 2. The van der Waals surface area contributed by atoms with Gasteiger partial charge < -0.3 is 19.2 Å². The summed E-state index contributed by atoms with van der Waals surface area (Å²) in [7, 11) is 0. The summed E-state index contributed by atoms with van der Waals surface area (Å²) >= 11 is 0. The molecule has 1 saturated carbocycles. The lowest BCUT2D eigenvalue weighted by Gasteiger charge is -2.45. The van der Waals surface area contributed by atoms with E-state index in [2.05, 4.69) is 17.4 Å². The smallest absolute Gasteiger partial charge is 0.271 e. The fourth-order valence-electron chi connectivity index (χ4n) is 5.44. The van der Waals surface area contributed by atoms with Gasteiger partial charge in [0.2, 0.25) is 5.91 Å². The molecule has 2 aromatic heterocycles. The lowest BCUT2D eigenvalue weighted by Crippen LogP contribution is -2.65. The van der Waals surface area contributed by atoms with Crippen molar-refractivity contribution < 1.29 is 14.0 Å². The zero-order valence-electron chi connectivity index (χ0n) is 19.8. The van der Waals surface area contributed by atoms with E-state index in [1.165, 1.54) is 12.0 Å². The van der Waals surface area contributed by atoms with Gasteiger partial charge >= 0.3 is 0 Å². The quantitative estimate of drug-likeness (QED) is 0.538.